The molecule has 1 aliphatic rings. The third kappa shape index (κ3) is 3.54. The number of anilines is 1. The number of hydrogen-bond donors (Lipinski definition) is 2. The van der Waals surface area contributed by atoms with Crippen molar-refractivity contribution in [2.45, 2.75) is 31.7 Å². The molecule has 24 heavy (non-hydrogen) atoms. The summed E-state index contributed by atoms with van der Waals surface area (Å²) in [5, 5.41) is 2.88. The minimum atomic E-state index is -0.150. The summed E-state index contributed by atoms with van der Waals surface area (Å²) in [4.78, 5) is 20.9. The first-order valence-electron chi connectivity index (χ1n) is 8.21. The first kappa shape index (κ1) is 16.4. The van der Waals surface area contributed by atoms with Crippen molar-refractivity contribution in [1.29, 1.82) is 0 Å². The van der Waals surface area contributed by atoms with Gasteiger partial charge < -0.3 is 15.8 Å². The highest BCUT2D eigenvalue weighted by molar-refractivity contribution is 5.92. The van der Waals surface area contributed by atoms with Crippen LogP contribution < -0.4 is 15.8 Å². The van der Waals surface area contributed by atoms with Crippen molar-refractivity contribution in [3.05, 3.63) is 36.7 Å². The Labute approximate surface area is 141 Å². The second-order valence-corrected chi connectivity index (χ2v) is 6.03. The third-order valence-electron chi connectivity index (χ3n) is 4.46. The van der Waals surface area contributed by atoms with Gasteiger partial charge in [-0.25, -0.2) is 9.97 Å². The van der Waals surface area contributed by atoms with E-state index in [1.54, 1.807) is 13.2 Å². The molecule has 6 nitrogen and oxygen atoms in total. The van der Waals surface area contributed by atoms with Gasteiger partial charge in [0.15, 0.2) is 0 Å². The number of hydrogen-bond acceptors (Lipinski definition) is 5. The molecule has 1 aromatic carbocycles. The molecule has 0 spiro atoms. The summed E-state index contributed by atoms with van der Waals surface area (Å²) >= 11 is 0. The lowest BCUT2D eigenvalue weighted by atomic mass is 9.84. The number of para-hydroxylation sites is 1. The summed E-state index contributed by atoms with van der Waals surface area (Å²) in [5.74, 6) is 0.992. The van der Waals surface area contributed by atoms with E-state index in [1.807, 2.05) is 24.3 Å². The van der Waals surface area contributed by atoms with E-state index in [1.165, 1.54) is 6.33 Å². The molecule has 3 N–H and O–H groups in total. The Morgan fingerprint density at radius 1 is 1.25 bits per heavy atom. The van der Waals surface area contributed by atoms with Gasteiger partial charge in [-0.3, -0.25) is 4.79 Å². The number of methoxy groups -OCH3 is 1. The number of nitrogens with one attached hydrogen (secondary N) is 1. The van der Waals surface area contributed by atoms with Crippen LogP contribution in [0.4, 0.5) is 5.82 Å². The fraction of sp³-hybridized carbons (Fsp3) is 0.389. The van der Waals surface area contributed by atoms with E-state index in [0.29, 0.717) is 11.5 Å². The lowest BCUT2D eigenvalue weighted by molar-refractivity contribution is -0.121. The minimum Gasteiger partial charge on any atom is -0.496 e. The van der Waals surface area contributed by atoms with Crippen molar-refractivity contribution in [3.8, 4) is 17.0 Å². The van der Waals surface area contributed by atoms with Crippen molar-refractivity contribution < 1.29 is 9.53 Å². The van der Waals surface area contributed by atoms with Crippen LogP contribution in [0, 0.1) is 5.92 Å². The molecular formula is C18H22N4O2. The molecule has 2 atom stereocenters. The van der Waals surface area contributed by atoms with Crippen molar-refractivity contribution in [2.75, 3.05) is 12.4 Å². The van der Waals surface area contributed by atoms with Gasteiger partial charge in [-0.1, -0.05) is 25.0 Å². The Kier molecular flexibility index (Phi) is 5.05. The number of aromatic nitrogens is 2. The number of ether oxygens (including phenoxy) is 1. The normalized spacial score (nSPS) is 20.4. The van der Waals surface area contributed by atoms with Crippen LogP contribution in [-0.4, -0.2) is 29.0 Å². The number of carbonyl (C=O) groups is 1. The van der Waals surface area contributed by atoms with E-state index in [4.69, 9.17) is 10.5 Å². The van der Waals surface area contributed by atoms with Gasteiger partial charge in [0.2, 0.25) is 5.91 Å². The lowest BCUT2D eigenvalue weighted by Crippen LogP contribution is -2.40. The molecule has 2 aromatic rings. The van der Waals surface area contributed by atoms with Crippen molar-refractivity contribution in [1.82, 2.24) is 9.97 Å². The predicted octanol–water partition coefficient (Wildman–Crippen LogP) is 2.61. The zero-order chi connectivity index (χ0) is 16.9. The van der Waals surface area contributed by atoms with Crippen LogP contribution in [0.25, 0.3) is 11.3 Å². The Hall–Kier alpha value is -2.47. The van der Waals surface area contributed by atoms with Gasteiger partial charge in [-0.2, -0.15) is 0 Å². The molecule has 0 bridgehead atoms. The second-order valence-electron chi connectivity index (χ2n) is 6.03. The number of nitrogens with two attached hydrogens (primary N) is 1. The SMILES string of the molecule is COc1ccccc1-c1cc(NC(=O)C2CCCCC2N)ncn1. The van der Waals surface area contributed by atoms with E-state index in [9.17, 15) is 4.79 Å². The molecule has 0 aliphatic heterocycles. The molecule has 3 rings (SSSR count). The predicted molar refractivity (Wildman–Crippen MR) is 92.6 cm³/mol. The summed E-state index contributed by atoms with van der Waals surface area (Å²) in [5.41, 5.74) is 7.64. The van der Waals surface area contributed by atoms with Crippen LogP contribution in [0.3, 0.4) is 0 Å². The standard InChI is InChI=1S/C18H22N4O2/c1-24-16-9-5-3-7-13(16)15-10-17(21-11-20-15)22-18(23)12-6-2-4-8-14(12)19/h3,5,7,9-12,14H,2,4,6,8,19H2,1H3,(H,20,21,22,23). The molecule has 1 saturated carbocycles. The number of amides is 1. The molecular weight excluding hydrogens is 304 g/mol. The average molecular weight is 326 g/mol. The van der Waals surface area contributed by atoms with Crippen LogP contribution in [-0.2, 0) is 4.79 Å². The summed E-state index contributed by atoms with van der Waals surface area (Å²) in [7, 11) is 1.62. The van der Waals surface area contributed by atoms with Gasteiger partial charge in [0, 0.05) is 17.7 Å². The van der Waals surface area contributed by atoms with Gasteiger partial charge in [0.05, 0.1) is 18.7 Å². The van der Waals surface area contributed by atoms with Crippen LogP contribution in [0.15, 0.2) is 36.7 Å². The Morgan fingerprint density at radius 3 is 2.83 bits per heavy atom. The van der Waals surface area contributed by atoms with Gasteiger partial charge in [-0.05, 0) is 25.0 Å². The topological polar surface area (TPSA) is 90.1 Å². The molecule has 126 valence electrons. The number of rotatable bonds is 4. The Bertz CT molecular complexity index is 720. The van der Waals surface area contributed by atoms with Gasteiger partial charge >= 0.3 is 0 Å². The van der Waals surface area contributed by atoms with Crippen molar-refractivity contribution in [2.24, 2.45) is 11.7 Å². The van der Waals surface area contributed by atoms with E-state index in [2.05, 4.69) is 15.3 Å². The molecule has 0 saturated heterocycles. The maximum absolute atomic E-state index is 12.5. The number of nitrogens with zero attached hydrogens (tertiary/aromatic N) is 2. The lowest BCUT2D eigenvalue weighted by Gasteiger charge is -2.27. The molecule has 1 amide bonds. The first-order chi connectivity index (χ1) is 11.7. The van der Waals surface area contributed by atoms with Gasteiger partial charge in [0.1, 0.15) is 17.9 Å². The highest BCUT2D eigenvalue weighted by Crippen LogP contribution is 2.29. The minimum absolute atomic E-state index is 0.0631. The Morgan fingerprint density at radius 2 is 2.04 bits per heavy atom. The monoisotopic (exact) mass is 326 g/mol. The van der Waals surface area contributed by atoms with Gasteiger partial charge in [-0.15, -0.1) is 0 Å². The highest BCUT2D eigenvalue weighted by atomic mass is 16.5. The highest BCUT2D eigenvalue weighted by Gasteiger charge is 2.28. The maximum atomic E-state index is 12.5. The smallest absolute Gasteiger partial charge is 0.230 e. The zero-order valence-corrected chi connectivity index (χ0v) is 13.7. The number of carbonyl (C=O) groups excluding carboxylic acids is 1. The van der Waals surface area contributed by atoms with E-state index in [0.717, 1.165) is 37.0 Å². The largest absolute Gasteiger partial charge is 0.496 e. The second kappa shape index (κ2) is 7.40. The third-order valence-corrected chi connectivity index (χ3v) is 4.46. The van der Waals surface area contributed by atoms with Crippen LogP contribution in [0.5, 0.6) is 5.75 Å². The molecule has 0 radical (unpaired) electrons. The summed E-state index contributed by atoms with van der Waals surface area (Å²) in [6.45, 7) is 0. The fourth-order valence-electron chi connectivity index (χ4n) is 3.13. The van der Waals surface area contributed by atoms with Gasteiger partial charge in [0.25, 0.3) is 0 Å². The zero-order valence-electron chi connectivity index (χ0n) is 13.7. The molecule has 1 heterocycles. The molecule has 1 aromatic heterocycles. The summed E-state index contributed by atoms with van der Waals surface area (Å²) in [6, 6.07) is 9.29. The maximum Gasteiger partial charge on any atom is 0.230 e. The van der Waals surface area contributed by atoms with Crippen LogP contribution in [0.2, 0.25) is 0 Å². The fourth-order valence-corrected chi connectivity index (χ4v) is 3.13. The average Bonchev–Trinajstić information content (AvgIpc) is 2.62. The molecule has 2 unspecified atom stereocenters. The molecule has 6 heteroatoms. The Balaban J connectivity index is 1.79. The van der Waals surface area contributed by atoms with Crippen LogP contribution in [0.1, 0.15) is 25.7 Å². The molecule has 1 fully saturated rings. The van der Waals surface area contributed by atoms with E-state index < -0.39 is 0 Å². The van der Waals surface area contributed by atoms with E-state index in [-0.39, 0.29) is 17.9 Å². The first-order valence-corrected chi connectivity index (χ1v) is 8.21. The van der Waals surface area contributed by atoms with Crippen LogP contribution >= 0.6 is 0 Å². The van der Waals surface area contributed by atoms with E-state index >= 15 is 0 Å². The molecule has 1 aliphatic carbocycles. The number of benzene rings is 1. The van der Waals surface area contributed by atoms with Crippen molar-refractivity contribution in [3.63, 3.8) is 0 Å². The quantitative estimate of drug-likeness (QED) is 0.901. The summed E-state index contributed by atoms with van der Waals surface area (Å²) < 4.78 is 5.37. The summed E-state index contributed by atoms with van der Waals surface area (Å²) in [6.07, 6.45) is 5.31. The van der Waals surface area contributed by atoms with Crippen molar-refractivity contribution >= 4 is 11.7 Å².